The van der Waals surface area contributed by atoms with Crippen LogP contribution >= 0.6 is 23.4 Å². The van der Waals surface area contributed by atoms with Gasteiger partial charge in [-0.15, -0.1) is 0 Å². The van der Waals surface area contributed by atoms with Gasteiger partial charge in [0.05, 0.1) is 10.6 Å². The lowest BCUT2D eigenvalue weighted by atomic mass is 9.79. The lowest BCUT2D eigenvalue weighted by Gasteiger charge is -2.47. The summed E-state index contributed by atoms with van der Waals surface area (Å²) in [5.74, 6) is 0.281. The molecule has 1 atom stereocenters. The second-order valence-corrected chi connectivity index (χ2v) is 10.8. The highest BCUT2D eigenvalue weighted by Gasteiger charge is 2.36. The molecule has 0 radical (unpaired) electrons. The largest absolute Gasteiger partial charge is 0.366 e. The Balaban J connectivity index is 1.66. The molecule has 4 nitrogen and oxygen atoms in total. The average molecular weight is 468 g/mol. The van der Waals surface area contributed by atoms with Gasteiger partial charge in [-0.1, -0.05) is 37.6 Å². The Kier molecular flexibility index (Phi) is 6.42. The van der Waals surface area contributed by atoms with Crippen LogP contribution in [0.2, 0.25) is 5.02 Å². The van der Waals surface area contributed by atoms with Crippen LogP contribution in [0.3, 0.4) is 0 Å². The second kappa shape index (κ2) is 8.95. The first-order valence-corrected chi connectivity index (χ1v) is 12.3. The molecule has 2 aliphatic heterocycles. The number of anilines is 1. The van der Waals surface area contributed by atoms with Gasteiger partial charge >= 0.3 is 0 Å². The van der Waals surface area contributed by atoms with Crippen LogP contribution in [0.15, 0.2) is 46.3 Å². The summed E-state index contributed by atoms with van der Waals surface area (Å²) in [6, 6.07) is 12.2. The lowest BCUT2D eigenvalue weighted by Crippen LogP contribution is -2.48. The van der Waals surface area contributed by atoms with E-state index in [0.29, 0.717) is 21.0 Å². The minimum Gasteiger partial charge on any atom is -0.366 e. The van der Waals surface area contributed by atoms with E-state index in [1.54, 1.807) is 0 Å². The number of fused-ring (bicyclic) bond motifs is 1. The smallest absolute Gasteiger partial charge is 0.264 e. The number of carbonyl (C=O) groups excluding carboxylic acids is 1. The second-order valence-electron chi connectivity index (χ2n) is 9.32. The highest BCUT2D eigenvalue weighted by molar-refractivity contribution is 8.18. The first kappa shape index (κ1) is 22.9. The number of rotatable bonds is 4. The van der Waals surface area contributed by atoms with Crippen LogP contribution in [0, 0.1) is 6.92 Å². The first-order chi connectivity index (χ1) is 15.2. The van der Waals surface area contributed by atoms with Crippen molar-refractivity contribution in [1.82, 2.24) is 5.32 Å². The zero-order valence-corrected chi connectivity index (χ0v) is 20.9. The Hall–Kier alpha value is -2.24. The van der Waals surface area contributed by atoms with Crippen molar-refractivity contribution in [2.75, 3.05) is 11.4 Å². The summed E-state index contributed by atoms with van der Waals surface area (Å²) in [6.45, 7) is 12.1. The summed E-state index contributed by atoms with van der Waals surface area (Å²) in [7, 11) is 0. The van der Waals surface area contributed by atoms with Crippen LogP contribution in [0.25, 0.3) is 6.08 Å². The number of thioether (sulfide) groups is 1. The zero-order chi connectivity index (χ0) is 23.0. The molecule has 0 bridgehead atoms. The molecule has 1 saturated heterocycles. The molecule has 2 aromatic carbocycles. The number of aryl methyl sites for hydroxylation is 1. The summed E-state index contributed by atoms with van der Waals surface area (Å²) in [4.78, 5) is 20.3. The van der Waals surface area contributed by atoms with Crippen molar-refractivity contribution >= 4 is 51.9 Å². The van der Waals surface area contributed by atoms with E-state index in [1.807, 2.05) is 37.3 Å². The van der Waals surface area contributed by atoms with Crippen molar-refractivity contribution in [3.8, 4) is 0 Å². The molecule has 0 aromatic heterocycles. The van der Waals surface area contributed by atoms with E-state index in [1.165, 1.54) is 23.0 Å². The number of nitrogens with one attached hydrogen (secondary N) is 1. The molecule has 1 fully saturated rings. The fraction of sp³-hybridized carbons (Fsp3) is 0.385. The molecule has 0 saturated carbocycles. The average Bonchev–Trinajstić information content (AvgIpc) is 3.04. The Bertz CT molecular complexity index is 1120. The summed E-state index contributed by atoms with van der Waals surface area (Å²) in [5, 5.41) is 4.13. The normalized spacial score (nSPS) is 22.4. The van der Waals surface area contributed by atoms with Gasteiger partial charge in [-0.05, 0) is 98.3 Å². The van der Waals surface area contributed by atoms with E-state index in [-0.39, 0.29) is 11.4 Å². The van der Waals surface area contributed by atoms with Crippen molar-refractivity contribution in [3.63, 3.8) is 0 Å². The molecule has 1 unspecified atom stereocenters. The third kappa shape index (κ3) is 4.60. The number of amidine groups is 1. The number of hydrogen-bond acceptors (Lipinski definition) is 4. The Morgan fingerprint density at radius 1 is 1.31 bits per heavy atom. The molecule has 168 valence electrons. The minimum absolute atomic E-state index is 0.0914. The van der Waals surface area contributed by atoms with Gasteiger partial charge in [0.1, 0.15) is 0 Å². The molecule has 0 spiro atoms. The molecule has 2 aromatic rings. The minimum atomic E-state index is -0.142. The highest BCUT2D eigenvalue weighted by Crippen LogP contribution is 2.45. The standard InChI is InChI=1S/C26H30ClN3OS/c1-6-10-30-22-14-21(27)18(12-20(22)17(3)15-26(30,4)5)13-23-24(31)29-25(32-23)28-19-9-7-8-16(2)11-19/h7-9,11-14,17H,6,10,15H2,1-5H3,(H,28,29,31)/b23-13+. The number of hydrogen-bond donors (Lipinski definition) is 1. The molecule has 1 amide bonds. The predicted molar refractivity (Wildman–Crippen MR) is 138 cm³/mol. The molecule has 6 heteroatoms. The van der Waals surface area contributed by atoms with E-state index < -0.39 is 0 Å². The molecule has 2 aliphatic rings. The Morgan fingerprint density at radius 3 is 2.81 bits per heavy atom. The Morgan fingerprint density at radius 2 is 2.09 bits per heavy atom. The van der Waals surface area contributed by atoms with Crippen molar-refractivity contribution < 1.29 is 4.79 Å². The fourth-order valence-corrected chi connectivity index (χ4v) is 5.76. The first-order valence-electron chi connectivity index (χ1n) is 11.2. The van der Waals surface area contributed by atoms with Crippen LogP contribution < -0.4 is 10.2 Å². The van der Waals surface area contributed by atoms with Gasteiger partial charge in [-0.2, -0.15) is 0 Å². The van der Waals surface area contributed by atoms with E-state index in [0.717, 1.165) is 36.2 Å². The molecule has 32 heavy (non-hydrogen) atoms. The quantitative estimate of drug-likeness (QED) is 0.490. The number of benzene rings is 2. The third-order valence-electron chi connectivity index (χ3n) is 6.12. The number of carbonyl (C=O) groups is 1. The number of halogens is 1. The van der Waals surface area contributed by atoms with Crippen molar-refractivity contribution in [3.05, 3.63) is 63.0 Å². The van der Waals surface area contributed by atoms with Gasteiger partial charge in [0.2, 0.25) is 0 Å². The van der Waals surface area contributed by atoms with Gasteiger partial charge in [-0.25, -0.2) is 4.99 Å². The molecule has 2 heterocycles. The zero-order valence-electron chi connectivity index (χ0n) is 19.3. The van der Waals surface area contributed by atoms with Crippen LogP contribution in [-0.2, 0) is 4.79 Å². The van der Waals surface area contributed by atoms with E-state index in [2.05, 4.69) is 55.0 Å². The molecular weight excluding hydrogens is 438 g/mol. The van der Waals surface area contributed by atoms with Gasteiger partial charge in [0.15, 0.2) is 5.17 Å². The van der Waals surface area contributed by atoms with Crippen molar-refractivity contribution in [1.29, 1.82) is 0 Å². The maximum absolute atomic E-state index is 12.6. The summed E-state index contributed by atoms with van der Waals surface area (Å²) in [6.07, 6.45) is 4.05. The summed E-state index contributed by atoms with van der Waals surface area (Å²) in [5.41, 5.74) is 5.44. The van der Waals surface area contributed by atoms with E-state index in [9.17, 15) is 4.79 Å². The monoisotopic (exact) mass is 467 g/mol. The topological polar surface area (TPSA) is 44.7 Å². The Labute approximate surface area is 200 Å². The SMILES string of the molecule is CCCN1c2cc(Cl)c(/C=C3/SC(=Nc4cccc(C)c4)NC3=O)cc2C(C)CC1(C)C. The number of amides is 1. The maximum atomic E-state index is 12.6. The van der Waals surface area contributed by atoms with Crippen LogP contribution in [0.1, 0.15) is 63.1 Å². The van der Waals surface area contributed by atoms with E-state index in [4.69, 9.17) is 11.6 Å². The van der Waals surface area contributed by atoms with Crippen molar-refractivity contribution in [2.45, 2.75) is 58.9 Å². The summed E-state index contributed by atoms with van der Waals surface area (Å²) < 4.78 is 0. The van der Waals surface area contributed by atoms with Gasteiger partial charge < -0.3 is 10.2 Å². The van der Waals surface area contributed by atoms with Gasteiger partial charge in [0, 0.05) is 22.8 Å². The third-order valence-corrected chi connectivity index (χ3v) is 7.36. The predicted octanol–water partition coefficient (Wildman–Crippen LogP) is 7.04. The molecule has 0 aliphatic carbocycles. The number of nitrogens with zero attached hydrogens (tertiary/aromatic N) is 2. The van der Waals surface area contributed by atoms with Gasteiger partial charge in [0.25, 0.3) is 5.91 Å². The van der Waals surface area contributed by atoms with Crippen LogP contribution in [-0.4, -0.2) is 23.2 Å². The highest BCUT2D eigenvalue weighted by atomic mass is 35.5. The van der Waals surface area contributed by atoms with Crippen LogP contribution in [0.4, 0.5) is 11.4 Å². The van der Waals surface area contributed by atoms with Crippen LogP contribution in [0.5, 0.6) is 0 Å². The fourth-order valence-electron chi connectivity index (χ4n) is 4.71. The molecular formula is C26H30ClN3OS. The summed E-state index contributed by atoms with van der Waals surface area (Å²) >= 11 is 8.09. The maximum Gasteiger partial charge on any atom is 0.264 e. The molecule has 1 N–H and O–H groups in total. The molecule has 4 rings (SSSR count). The van der Waals surface area contributed by atoms with Crippen molar-refractivity contribution in [2.24, 2.45) is 4.99 Å². The lowest BCUT2D eigenvalue weighted by molar-refractivity contribution is -0.115. The van der Waals surface area contributed by atoms with Gasteiger partial charge in [-0.3, -0.25) is 4.79 Å². The van der Waals surface area contributed by atoms with E-state index >= 15 is 0 Å². The number of aliphatic imine (C=N–C) groups is 1.